The van der Waals surface area contributed by atoms with Gasteiger partial charge in [-0.1, -0.05) is 47.1 Å². The van der Waals surface area contributed by atoms with E-state index in [9.17, 15) is 14.9 Å². The Balaban J connectivity index is 1.97. The lowest BCUT2D eigenvalue weighted by molar-refractivity contribution is -0.385. The molecule has 2 aromatic carbocycles. The Kier molecular flexibility index (Phi) is 6.31. The molecule has 0 bridgehead atoms. The predicted molar refractivity (Wildman–Crippen MR) is 93.9 cm³/mol. The normalized spacial score (nSPS) is 11.6. The number of carbonyl (C=O) groups is 1. The summed E-state index contributed by atoms with van der Waals surface area (Å²) in [5, 5.41) is 13.8. The first-order valence-electron chi connectivity index (χ1n) is 7.42. The van der Waals surface area contributed by atoms with E-state index in [-0.39, 0.29) is 30.0 Å². The van der Waals surface area contributed by atoms with E-state index in [0.717, 1.165) is 16.5 Å². The zero-order chi connectivity index (χ0) is 17.5. The van der Waals surface area contributed by atoms with Gasteiger partial charge in [-0.3, -0.25) is 14.9 Å². The second kappa shape index (κ2) is 8.44. The molecule has 0 saturated heterocycles. The Morgan fingerprint density at radius 3 is 2.54 bits per heavy atom. The van der Waals surface area contributed by atoms with Crippen molar-refractivity contribution >= 4 is 27.5 Å². The molecule has 0 saturated carbocycles. The Bertz CT molecular complexity index is 719. The van der Waals surface area contributed by atoms with Crippen molar-refractivity contribution in [1.82, 2.24) is 5.32 Å². The molecular weight excluding hydrogens is 376 g/mol. The number of nitro groups is 1. The first kappa shape index (κ1) is 17.9. The summed E-state index contributed by atoms with van der Waals surface area (Å²) in [7, 11) is 0. The van der Waals surface area contributed by atoms with Crippen molar-refractivity contribution in [2.24, 2.45) is 0 Å². The van der Waals surface area contributed by atoms with Crippen molar-refractivity contribution in [3.63, 3.8) is 0 Å². The maximum atomic E-state index is 12.1. The molecule has 24 heavy (non-hydrogen) atoms. The number of hydrogen-bond acceptors (Lipinski definition) is 4. The standard InChI is InChI=1S/C17H17BrN2O4/c1-2-14(12-7-9-13(18)10-8-12)19-17(21)11-24-16-6-4-3-5-15(16)20(22)23/h3-10,14H,2,11H2,1H3,(H,19,21)/t14-/m0/s1. The molecule has 7 heteroatoms. The largest absolute Gasteiger partial charge is 0.477 e. The van der Waals surface area contributed by atoms with Crippen LogP contribution in [-0.2, 0) is 4.79 Å². The van der Waals surface area contributed by atoms with Crippen LogP contribution >= 0.6 is 15.9 Å². The van der Waals surface area contributed by atoms with Crippen molar-refractivity contribution in [3.8, 4) is 5.75 Å². The van der Waals surface area contributed by atoms with Gasteiger partial charge < -0.3 is 10.1 Å². The molecule has 0 aliphatic heterocycles. The van der Waals surface area contributed by atoms with Gasteiger partial charge >= 0.3 is 5.69 Å². The highest BCUT2D eigenvalue weighted by Gasteiger charge is 2.17. The Hall–Kier alpha value is -2.41. The molecule has 126 valence electrons. The van der Waals surface area contributed by atoms with Gasteiger partial charge in [-0.05, 0) is 30.2 Å². The molecule has 0 radical (unpaired) electrons. The van der Waals surface area contributed by atoms with Crippen LogP contribution in [0.4, 0.5) is 5.69 Å². The highest BCUT2D eigenvalue weighted by Crippen LogP contribution is 2.25. The van der Waals surface area contributed by atoms with Crippen molar-refractivity contribution < 1.29 is 14.5 Å². The Labute approximate surface area is 148 Å². The van der Waals surface area contributed by atoms with Gasteiger partial charge in [0.25, 0.3) is 5.91 Å². The molecule has 0 spiro atoms. The van der Waals surface area contributed by atoms with Crippen molar-refractivity contribution in [3.05, 3.63) is 68.7 Å². The number of para-hydroxylation sites is 2. The summed E-state index contributed by atoms with van der Waals surface area (Å²) in [6.45, 7) is 1.69. The maximum Gasteiger partial charge on any atom is 0.310 e. The summed E-state index contributed by atoms with van der Waals surface area (Å²) in [5.41, 5.74) is 0.824. The first-order chi connectivity index (χ1) is 11.5. The van der Waals surface area contributed by atoms with E-state index < -0.39 is 4.92 Å². The number of rotatable bonds is 7. The van der Waals surface area contributed by atoms with Gasteiger partial charge in [0.2, 0.25) is 0 Å². The van der Waals surface area contributed by atoms with Crippen LogP contribution in [0.3, 0.4) is 0 Å². The van der Waals surface area contributed by atoms with E-state index in [1.807, 2.05) is 31.2 Å². The molecule has 6 nitrogen and oxygen atoms in total. The second-order valence-electron chi connectivity index (χ2n) is 5.09. The third kappa shape index (κ3) is 4.79. The van der Waals surface area contributed by atoms with Crippen molar-refractivity contribution in [2.75, 3.05) is 6.61 Å². The molecule has 0 aliphatic rings. The fourth-order valence-electron chi connectivity index (χ4n) is 2.23. The number of ether oxygens (including phenoxy) is 1. The number of amides is 1. The van der Waals surface area contributed by atoms with Crippen LogP contribution in [0.25, 0.3) is 0 Å². The maximum absolute atomic E-state index is 12.1. The molecule has 2 aromatic rings. The number of hydrogen-bond donors (Lipinski definition) is 1. The molecule has 2 rings (SSSR count). The van der Waals surface area contributed by atoms with Crippen LogP contribution in [-0.4, -0.2) is 17.4 Å². The number of nitrogens with zero attached hydrogens (tertiary/aromatic N) is 1. The van der Waals surface area contributed by atoms with E-state index in [1.165, 1.54) is 12.1 Å². The Morgan fingerprint density at radius 2 is 1.92 bits per heavy atom. The minimum absolute atomic E-state index is 0.0781. The van der Waals surface area contributed by atoms with Gasteiger partial charge in [0, 0.05) is 10.5 Å². The molecule has 0 unspecified atom stereocenters. The second-order valence-corrected chi connectivity index (χ2v) is 6.01. The van der Waals surface area contributed by atoms with E-state index in [4.69, 9.17) is 4.74 Å². The van der Waals surface area contributed by atoms with Crippen LogP contribution in [0, 0.1) is 10.1 Å². The third-order valence-corrected chi connectivity index (χ3v) is 3.97. The zero-order valence-corrected chi connectivity index (χ0v) is 14.7. The molecule has 1 amide bonds. The zero-order valence-electron chi connectivity index (χ0n) is 13.1. The van der Waals surface area contributed by atoms with Gasteiger partial charge in [0.1, 0.15) is 0 Å². The highest BCUT2D eigenvalue weighted by atomic mass is 79.9. The topological polar surface area (TPSA) is 81.5 Å². The van der Waals surface area contributed by atoms with E-state index in [0.29, 0.717) is 0 Å². The quantitative estimate of drug-likeness (QED) is 0.570. The van der Waals surface area contributed by atoms with E-state index in [2.05, 4.69) is 21.2 Å². The van der Waals surface area contributed by atoms with Gasteiger partial charge in [0.05, 0.1) is 11.0 Å². The Morgan fingerprint density at radius 1 is 1.25 bits per heavy atom. The minimum atomic E-state index is -0.538. The van der Waals surface area contributed by atoms with Gasteiger partial charge in [-0.15, -0.1) is 0 Å². The number of nitrogens with one attached hydrogen (secondary N) is 1. The van der Waals surface area contributed by atoms with Gasteiger partial charge in [-0.2, -0.15) is 0 Å². The molecular formula is C17H17BrN2O4. The molecule has 1 atom stereocenters. The summed E-state index contributed by atoms with van der Waals surface area (Å²) in [4.78, 5) is 22.5. The van der Waals surface area contributed by atoms with Crippen LogP contribution in [0.1, 0.15) is 24.9 Å². The SMILES string of the molecule is CC[C@H](NC(=O)COc1ccccc1[N+](=O)[O-])c1ccc(Br)cc1. The lowest BCUT2D eigenvalue weighted by Gasteiger charge is -2.17. The average Bonchev–Trinajstić information content (AvgIpc) is 2.59. The molecule has 0 aliphatic carbocycles. The summed E-state index contributed by atoms with van der Waals surface area (Å²) in [6.07, 6.45) is 0.721. The van der Waals surface area contributed by atoms with Crippen LogP contribution in [0.2, 0.25) is 0 Å². The fourth-order valence-corrected chi connectivity index (χ4v) is 2.49. The number of carbonyl (C=O) groups excluding carboxylic acids is 1. The summed E-state index contributed by atoms with van der Waals surface area (Å²) in [6, 6.07) is 13.5. The lowest BCUT2D eigenvalue weighted by Crippen LogP contribution is -2.32. The molecule has 1 N–H and O–H groups in total. The summed E-state index contributed by atoms with van der Waals surface area (Å²) in [5.74, 6) is -0.253. The molecule has 0 heterocycles. The number of benzene rings is 2. The smallest absolute Gasteiger partial charge is 0.310 e. The van der Waals surface area contributed by atoms with Crippen LogP contribution in [0.5, 0.6) is 5.75 Å². The fraction of sp³-hybridized carbons (Fsp3) is 0.235. The summed E-state index contributed by atoms with van der Waals surface area (Å²) >= 11 is 3.37. The van der Waals surface area contributed by atoms with Crippen molar-refractivity contribution in [1.29, 1.82) is 0 Å². The van der Waals surface area contributed by atoms with E-state index in [1.54, 1.807) is 12.1 Å². The average molecular weight is 393 g/mol. The summed E-state index contributed by atoms with van der Waals surface area (Å²) < 4.78 is 6.26. The highest BCUT2D eigenvalue weighted by molar-refractivity contribution is 9.10. The molecule has 0 aromatic heterocycles. The number of halogens is 1. The van der Waals surface area contributed by atoms with Crippen LogP contribution < -0.4 is 10.1 Å². The third-order valence-electron chi connectivity index (χ3n) is 3.44. The van der Waals surface area contributed by atoms with Crippen molar-refractivity contribution in [2.45, 2.75) is 19.4 Å². The first-order valence-corrected chi connectivity index (χ1v) is 8.21. The van der Waals surface area contributed by atoms with Crippen LogP contribution in [0.15, 0.2) is 53.0 Å². The molecule has 0 fully saturated rings. The minimum Gasteiger partial charge on any atom is -0.477 e. The monoisotopic (exact) mass is 392 g/mol. The van der Waals surface area contributed by atoms with Gasteiger partial charge in [-0.25, -0.2) is 0 Å². The lowest BCUT2D eigenvalue weighted by atomic mass is 10.0. The van der Waals surface area contributed by atoms with E-state index >= 15 is 0 Å². The number of nitro benzene ring substituents is 1. The predicted octanol–water partition coefficient (Wildman–Crippen LogP) is 4.00. The van der Waals surface area contributed by atoms with Gasteiger partial charge in [0.15, 0.2) is 12.4 Å².